The minimum absolute atomic E-state index is 0.0682. The standard InChI is InChI=1S/C19H28N2O3/c1-14-7-9-21(10-8-14)12-17-19(23)16(13-24-17)20-18(22)11-15-5-3-2-4-6-15/h2-6,14,16-17,19,23H,7-13H2,1H3,(H,20,22)/t16-,17-,19+/m0/s1. The Bertz CT molecular complexity index is 529. The molecule has 0 unspecified atom stereocenters. The van der Waals surface area contributed by atoms with E-state index in [1.54, 1.807) is 0 Å². The number of piperidine rings is 1. The fourth-order valence-electron chi connectivity index (χ4n) is 3.51. The molecule has 132 valence electrons. The number of carbonyl (C=O) groups is 1. The van der Waals surface area contributed by atoms with Crippen molar-refractivity contribution in [3.05, 3.63) is 35.9 Å². The molecule has 0 spiro atoms. The molecule has 24 heavy (non-hydrogen) atoms. The molecule has 5 nitrogen and oxygen atoms in total. The van der Waals surface area contributed by atoms with E-state index in [0.29, 0.717) is 13.0 Å². The average Bonchev–Trinajstić information content (AvgIpc) is 2.91. The zero-order chi connectivity index (χ0) is 16.9. The number of hydrogen-bond donors (Lipinski definition) is 2. The minimum atomic E-state index is -0.635. The van der Waals surface area contributed by atoms with Crippen LogP contribution < -0.4 is 5.32 Å². The summed E-state index contributed by atoms with van der Waals surface area (Å²) in [5.74, 6) is 0.724. The van der Waals surface area contributed by atoms with Crippen molar-refractivity contribution in [3.8, 4) is 0 Å². The Hall–Kier alpha value is -1.43. The summed E-state index contributed by atoms with van der Waals surface area (Å²) in [4.78, 5) is 14.5. The van der Waals surface area contributed by atoms with Crippen LogP contribution >= 0.6 is 0 Å². The second-order valence-corrected chi connectivity index (χ2v) is 7.18. The monoisotopic (exact) mass is 332 g/mol. The summed E-state index contributed by atoms with van der Waals surface area (Å²) in [6.07, 6.45) is 1.91. The highest BCUT2D eigenvalue weighted by Crippen LogP contribution is 2.20. The van der Waals surface area contributed by atoms with Gasteiger partial charge in [-0.3, -0.25) is 4.79 Å². The molecule has 2 heterocycles. The predicted molar refractivity (Wildman–Crippen MR) is 92.7 cm³/mol. The van der Waals surface area contributed by atoms with Crippen LogP contribution in [0.3, 0.4) is 0 Å². The van der Waals surface area contributed by atoms with E-state index >= 15 is 0 Å². The zero-order valence-electron chi connectivity index (χ0n) is 14.4. The topological polar surface area (TPSA) is 61.8 Å². The maximum absolute atomic E-state index is 12.2. The van der Waals surface area contributed by atoms with Crippen molar-refractivity contribution < 1.29 is 14.6 Å². The summed E-state index contributed by atoms with van der Waals surface area (Å²) >= 11 is 0. The Morgan fingerprint density at radius 3 is 2.71 bits per heavy atom. The van der Waals surface area contributed by atoms with Crippen LogP contribution in [0.2, 0.25) is 0 Å². The summed E-state index contributed by atoms with van der Waals surface area (Å²) < 4.78 is 5.75. The second kappa shape index (κ2) is 8.10. The van der Waals surface area contributed by atoms with Crippen molar-refractivity contribution in [2.24, 2.45) is 5.92 Å². The quantitative estimate of drug-likeness (QED) is 0.851. The molecule has 1 aromatic carbocycles. The lowest BCUT2D eigenvalue weighted by Gasteiger charge is -2.32. The lowest BCUT2D eigenvalue weighted by atomic mass is 9.98. The van der Waals surface area contributed by atoms with Crippen LogP contribution in [0.5, 0.6) is 0 Å². The number of amides is 1. The van der Waals surface area contributed by atoms with Gasteiger partial charge in [0.2, 0.25) is 5.91 Å². The summed E-state index contributed by atoms with van der Waals surface area (Å²) in [6.45, 7) is 5.56. The minimum Gasteiger partial charge on any atom is -0.388 e. The maximum Gasteiger partial charge on any atom is 0.224 e. The second-order valence-electron chi connectivity index (χ2n) is 7.18. The molecule has 0 radical (unpaired) electrons. The van der Waals surface area contributed by atoms with Gasteiger partial charge in [0.25, 0.3) is 0 Å². The largest absolute Gasteiger partial charge is 0.388 e. The van der Waals surface area contributed by atoms with Crippen LogP contribution in [0.15, 0.2) is 30.3 Å². The van der Waals surface area contributed by atoms with E-state index in [4.69, 9.17) is 4.74 Å². The van der Waals surface area contributed by atoms with Gasteiger partial charge < -0.3 is 20.1 Å². The van der Waals surface area contributed by atoms with Crippen molar-refractivity contribution in [2.75, 3.05) is 26.2 Å². The summed E-state index contributed by atoms with van der Waals surface area (Å²) in [6, 6.07) is 9.33. The van der Waals surface area contributed by atoms with E-state index in [1.165, 1.54) is 12.8 Å². The molecule has 0 aromatic heterocycles. The molecule has 2 N–H and O–H groups in total. The van der Waals surface area contributed by atoms with Crippen LogP contribution in [0, 0.1) is 5.92 Å². The van der Waals surface area contributed by atoms with Crippen LogP contribution in [-0.2, 0) is 16.0 Å². The number of rotatable bonds is 5. The molecule has 0 aliphatic carbocycles. The van der Waals surface area contributed by atoms with Crippen molar-refractivity contribution in [1.29, 1.82) is 0 Å². The lowest BCUT2D eigenvalue weighted by molar-refractivity contribution is -0.121. The molecule has 2 aliphatic heterocycles. The van der Waals surface area contributed by atoms with Gasteiger partial charge in [0.15, 0.2) is 0 Å². The Labute approximate surface area is 144 Å². The van der Waals surface area contributed by atoms with Crippen molar-refractivity contribution in [3.63, 3.8) is 0 Å². The highest BCUT2D eigenvalue weighted by atomic mass is 16.5. The van der Waals surface area contributed by atoms with Gasteiger partial charge in [-0.2, -0.15) is 0 Å². The Morgan fingerprint density at radius 2 is 2.00 bits per heavy atom. The number of ether oxygens (including phenoxy) is 1. The molecule has 2 saturated heterocycles. The normalized spacial score (nSPS) is 28.8. The molecular weight excluding hydrogens is 304 g/mol. The molecule has 1 aromatic rings. The predicted octanol–water partition coefficient (Wildman–Crippen LogP) is 1.21. The Morgan fingerprint density at radius 1 is 1.29 bits per heavy atom. The first-order chi connectivity index (χ1) is 11.6. The average molecular weight is 332 g/mol. The van der Waals surface area contributed by atoms with Gasteiger partial charge in [-0.15, -0.1) is 0 Å². The van der Waals surface area contributed by atoms with Crippen molar-refractivity contribution >= 4 is 5.91 Å². The summed E-state index contributed by atoms with van der Waals surface area (Å²) in [5, 5.41) is 13.4. The number of benzene rings is 1. The molecule has 3 atom stereocenters. The number of aliphatic hydroxyl groups is 1. The van der Waals surface area contributed by atoms with Gasteiger partial charge in [0, 0.05) is 6.54 Å². The van der Waals surface area contributed by atoms with Gasteiger partial charge >= 0.3 is 0 Å². The molecule has 0 bridgehead atoms. The zero-order valence-corrected chi connectivity index (χ0v) is 14.4. The highest BCUT2D eigenvalue weighted by Gasteiger charge is 2.37. The van der Waals surface area contributed by atoms with Crippen LogP contribution in [0.25, 0.3) is 0 Å². The number of likely N-dealkylation sites (tertiary alicyclic amines) is 1. The van der Waals surface area contributed by atoms with Crippen LogP contribution in [-0.4, -0.2) is 60.4 Å². The Kier molecular flexibility index (Phi) is 5.87. The van der Waals surface area contributed by atoms with Crippen LogP contribution in [0.1, 0.15) is 25.3 Å². The molecule has 2 fully saturated rings. The van der Waals surface area contributed by atoms with Gasteiger partial charge in [-0.25, -0.2) is 0 Å². The highest BCUT2D eigenvalue weighted by molar-refractivity contribution is 5.79. The first-order valence-electron chi connectivity index (χ1n) is 8.97. The fourth-order valence-corrected chi connectivity index (χ4v) is 3.51. The molecule has 5 heteroatoms. The van der Waals surface area contributed by atoms with Gasteiger partial charge in [-0.05, 0) is 37.4 Å². The third-order valence-corrected chi connectivity index (χ3v) is 5.15. The van der Waals surface area contributed by atoms with E-state index in [1.807, 2.05) is 30.3 Å². The van der Waals surface area contributed by atoms with Crippen molar-refractivity contribution in [2.45, 2.75) is 44.4 Å². The third-order valence-electron chi connectivity index (χ3n) is 5.15. The van der Waals surface area contributed by atoms with Crippen LogP contribution in [0.4, 0.5) is 0 Å². The van der Waals surface area contributed by atoms with E-state index in [-0.39, 0.29) is 18.1 Å². The molecule has 3 rings (SSSR count). The molecular formula is C19H28N2O3. The van der Waals surface area contributed by atoms with Gasteiger partial charge in [-0.1, -0.05) is 37.3 Å². The lowest BCUT2D eigenvalue weighted by Crippen LogP contribution is -2.48. The smallest absolute Gasteiger partial charge is 0.224 e. The number of carbonyl (C=O) groups excluding carboxylic acids is 1. The van der Waals surface area contributed by atoms with E-state index in [0.717, 1.165) is 31.1 Å². The third kappa shape index (κ3) is 4.56. The summed E-state index contributed by atoms with van der Waals surface area (Å²) in [5.41, 5.74) is 0.974. The number of nitrogens with one attached hydrogen (secondary N) is 1. The summed E-state index contributed by atoms with van der Waals surface area (Å²) in [7, 11) is 0. The number of aliphatic hydroxyl groups excluding tert-OH is 1. The molecule has 2 aliphatic rings. The van der Waals surface area contributed by atoms with E-state index < -0.39 is 6.10 Å². The first kappa shape index (κ1) is 17.4. The Balaban J connectivity index is 1.45. The SMILES string of the molecule is CC1CCN(C[C@@H]2OC[C@H](NC(=O)Cc3ccccc3)[C@H]2O)CC1. The number of nitrogens with zero attached hydrogens (tertiary/aromatic N) is 1. The van der Waals surface area contributed by atoms with Gasteiger partial charge in [0.05, 0.1) is 25.2 Å². The van der Waals surface area contributed by atoms with Gasteiger partial charge in [0.1, 0.15) is 6.10 Å². The first-order valence-corrected chi connectivity index (χ1v) is 8.97. The number of hydrogen-bond acceptors (Lipinski definition) is 4. The van der Waals surface area contributed by atoms with Crippen molar-refractivity contribution in [1.82, 2.24) is 10.2 Å². The molecule has 0 saturated carbocycles. The maximum atomic E-state index is 12.2. The fraction of sp³-hybridized carbons (Fsp3) is 0.632. The molecule has 1 amide bonds. The van der Waals surface area contributed by atoms with E-state index in [2.05, 4.69) is 17.1 Å². The van der Waals surface area contributed by atoms with E-state index in [9.17, 15) is 9.90 Å².